The van der Waals surface area contributed by atoms with Gasteiger partial charge in [-0.25, -0.2) is 0 Å². The molecule has 0 bridgehead atoms. The highest BCUT2D eigenvalue weighted by molar-refractivity contribution is 5.80. The van der Waals surface area contributed by atoms with Crippen LogP contribution in [-0.4, -0.2) is 43.2 Å². The molecule has 2 fully saturated rings. The van der Waals surface area contributed by atoms with Crippen LogP contribution >= 0.6 is 0 Å². The molecule has 0 aliphatic carbocycles. The van der Waals surface area contributed by atoms with Crippen molar-refractivity contribution in [1.29, 1.82) is 0 Å². The van der Waals surface area contributed by atoms with Crippen molar-refractivity contribution in [3.63, 3.8) is 0 Å². The van der Waals surface area contributed by atoms with E-state index in [2.05, 4.69) is 17.0 Å². The van der Waals surface area contributed by atoms with Crippen molar-refractivity contribution >= 4 is 12.6 Å². The number of rotatable bonds is 2. The maximum Gasteiger partial charge on any atom is 0.222 e. The van der Waals surface area contributed by atoms with E-state index in [-0.39, 0.29) is 12.0 Å². The Morgan fingerprint density at radius 2 is 2.33 bits per heavy atom. The Bertz CT molecular complexity index is 303. The Hall–Kier alpha value is -0.940. The molecule has 1 N–H and O–H groups in total. The van der Waals surface area contributed by atoms with Crippen LogP contribution < -0.4 is 5.32 Å². The molecule has 15 heavy (non-hydrogen) atoms. The topological polar surface area (TPSA) is 59.9 Å². The maximum atomic E-state index is 11.2. The highest BCUT2D eigenvalue weighted by Crippen LogP contribution is 2.34. The molecule has 0 unspecified atom stereocenters. The first kappa shape index (κ1) is 10.6. The molecule has 0 radical (unpaired) electrons. The lowest BCUT2D eigenvalue weighted by Crippen LogP contribution is -2.44. The van der Waals surface area contributed by atoms with Crippen molar-refractivity contribution < 1.29 is 14.3 Å². The van der Waals surface area contributed by atoms with E-state index in [0.717, 1.165) is 0 Å². The van der Waals surface area contributed by atoms with Crippen molar-refractivity contribution in [3.05, 3.63) is 0 Å². The first-order valence-corrected chi connectivity index (χ1v) is 5.04. The van der Waals surface area contributed by atoms with Gasteiger partial charge in [0.2, 0.25) is 5.91 Å². The Morgan fingerprint density at radius 3 is 2.73 bits per heavy atom. The molecule has 0 spiro atoms. The third kappa shape index (κ3) is 1.77. The Kier molecular flexibility index (Phi) is 2.31. The molecule has 2 atom stereocenters. The Labute approximate surface area is 88.8 Å². The largest absolute Gasteiger partial charge is 0.353 e. The minimum atomic E-state index is -0.589. The number of hydrogen-bond donors (Lipinski definition) is 1. The van der Waals surface area contributed by atoms with Crippen LogP contribution in [0.1, 0.15) is 20.3 Å². The summed E-state index contributed by atoms with van der Waals surface area (Å²) in [6.07, 6.45) is 0.143. The number of nitrogens with zero attached hydrogens (tertiary/aromatic N) is 1. The number of aliphatic imine (C=N–C) groups is 1. The van der Waals surface area contributed by atoms with Crippen molar-refractivity contribution in [2.24, 2.45) is 4.99 Å². The lowest BCUT2D eigenvalue weighted by Gasteiger charge is -2.28. The van der Waals surface area contributed by atoms with Gasteiger partial charge in [0.05, 0.1) is 13.0 Å². The second kappa shape index (κ2) is 3.28. The Morgan fingerprint density at radius 1 is 1.60 bits per heavy atom. The van der Waals surface area contributed by atoms with Crippen LogP contribution in [0.2, 0.25) is 0 Å². The van der Waals surface area contributed by atoms with E-state index < -0.39 is 11.3 Å². The van der Waals surface area contributed by atoms with E-state index in [9.17, 15) is 4.79 Å². The lowest BCUT2D eigenvalue weighted by atomic mass is 9.92. The monoisotopic (exact) mass is 212 g/mol. The van der Waals surface area contributed by atoms with E-state index in [1.807, 2.05) is 13.8 Å². The SMILES string of the molecule is C=N[C@@]1([C@H]2COC(C)(C)O2)CNC(=O)C1. The van der Waals surface area contributed by atoms with Crippen molar-refractivity contribution in [3.8, 4) is 0 Å². The van der Waals surface area contributed by atoms with E-state index in [4.69, 9.17) is 9.47 Å². The Balaban J connectivity index is 2.15. The maximum absolute atomic E-state index is 11.2. The summed E-state index contributed by atoms with van der Waals surface area (Å²) in [4.78, 5) is 15.3. The quantitative estimate of drug-likeness (QED) is 0.660. The van der Waals surface area contributed by atoms with Crippen molar-refractivity contribution in [1.82, 2.24) is 5.32 Å². The molecular weight excluding hydrogens is 196 g/mol. The fourth-order valence-electron chi connectivity index (χ4n) is 2.05. The van der Waals surface area contributed by atoms with E-state index in [1.165, 1.54) is 0 Å². The first-order chi connectivity index (χ1) is 6.97. The second-order valence-corrected chi connectivity index (χ2v) is 4.53. The van der Waals surface area contributed by atoms with Crippen LogP contribution in [0.3, 0.4) is 0 Å². The zero-order valence-corrected chi connectivity index (χ0v) is 9.08. The molecule has 5 heteroatoms. The van der Waals surface area contributed by atoms with Crippen molar-refractivity contribution in [2.75, 3.05) is 13.2 Å². The third-order valence-electron chi connectivity index (χ3n) is 2.98. The van der Waals surface area contributed by atoms with Gasteiger partial charge < -0.3 is 14.8 Å². The molecule has 0 aromatic rings. The van der Waals surface area contributed by atoms with Crippen molar-refractivity contribution in [2.45, 2.75) is 37.7 Å². The number of carbonyl (C=O) groups excluding carboxylic acids is 1. The summed E-state index contributed by atoms with van der Waals surface area (Å²) in [5.74, 6) is -0.593. The van der Waals surface area contributed by atoms with Gasteiger partial charge in [-0.3, -0.25) is 9.79 Å². The molecule has 2 saturated heterocycles. The van der Waals surface area contributed by atoms with Crippen LogP contribution in [0.4, 0.5) is 0 Å². The summed E-state index contributed by atoms with van der Waals surface area (Å²) < 4.78 is 11.2. The minimum absolute atomic E-state index is 0.00398. The number of ether oxygens (including phenoxy) is 2. The van der Waals surface area contributed by atoms with Gasteiger partial charge in [0.1, 0.15) is 11.6 Å². The molecule has 1 amide bonds. The average Bonchev–Trinajstić information content (AvgIpc) is 2.70. The fraction of sp³-hybridized carbons (Fsp3) is 0.800. The smallest absolute Gasteiger partial charge is 0.222 e. The van der Waals surface area contributed by atoms with Crippen LogP contribution in [-0.2, 0) is 14.3 Å². The molecule has 0 saturated carbocycles. The lowest BCUT2D eigenvalue weighted by molar-refractivity contribution is -0.145. The second-order valence-electron chi connectivity index (χ2n) is 4.53. The molecule has 2 aliphatic rings. The van der Waals surface area contributed by atoms with E-state index in [1.54, 1.807) is 0 Å². The van der Waals surface area contributed by atoms with Gasteiger partial charge in [-0.05, 0) is 20.6 Å². The van der Waals surface area contributed by atoms with Gasteiger partial charge in [0.25, 0.3) is 0 Å². The zero-order valence-electron chi connectivity index (χ0n) is 9.08. The first-order valence-electron chi connectivity index (χ1n) is 5.04. The number of hydrogen-bond acceptors (Lipinski definition) is 4. The predicted molar refractivity (Wildman–Crippen MR) is 54.8 cm³/mol. The average molecular weight is 212 g/mol. The predicted octanol–water partition coefficient (Wildman–Crippen LogP) is 0.0972. The van der Waals surface area contributed by atoms with Gasteiger partial charge in [0, 0.05) is 6.54 Å². The molecule has 2 rings (SSSR count). The summed E-state index contributed by atoms with van der Waals surface area (Å²) in [5, 5.41) is 2.76. The van der Waals surface area contributed by atoms with Crippen LogP contribution in [0, 0.1) is 0 Å². The molecule has 2 aliphatic heterocycles. The van der Waals surface area contributed by atoms with Crippen LogP contribution in [0.15, 0.2) is 4.99 Å². The highest BCUT2D eigenvalue weighted by Gasteiger charge is 2.50. The molecule has 2 heterocycles. The normalized spacial score (nSPS) is 39.1. The highest BCUT2D eigenvalue weighted by atomic mass is 16.7. The number of amides is 1. The van der Waals surface area contributed by atoms with Crippen LogP contribution in [0.25, 0.3) is 0 Å². The van der Waals surface area contributed by atoms with Crippen LogP contribution in [0.5, 0.6) is 0 Å². The third-order valence-corrected chi connectivity index (χ3v) is 2.98. The molecule has 0 aromatic carbocycles. The molecule has 84 valence electrons. The zero-order chi connectivity index (χ0) is 11.1. The van der Waals surface area contributed by atoms with Gasteiger partial charge in [-0.2, -0.15) is 0 Å². The van der Waals surface area contributed by atoms with E-state index >= 15 is 0 Å². The molecule has 0 aromatic heterocycles. The summed E-state index contributed by atoms with van der Waals surface area (Å²) in [7, 11) is 0. The minimum Gasteiger partial charge on any atom is -0.353 e. The summed E-state index contributed by atoms with van der Waals surface area (Å²) in [5.41, 5.74) is -0.551. The number of nitrogens with one attached hydrogen (secondary N) is 1. The molecule has 5 nitrogen and oxygen atoms in total. The standard InChI is InChI=1S/C10H16N2O3/c1-9(2)14-5-7(15-9)10(11-3)4-8(13)12-6-10/h7H,3-6H2,1-2H3,(H,12,13)/t7-,10-/m1/s1. The fourth-order valence-corrected chi connectivity index (χ4v) is 2.05. The van der Waals surface area contributed by atoms with E-state index in [0.29, 0.717) is 19.6 Å². The molecular formula is C10H16N2O3. The summed E-state index contributed by atoms with van der Waals surface area (Å²) in [6, 6.07) is 0. The summed E-state index contributed by atoms with van der Waals surface area (Å²) in [6.45, 7) is 8.22. The van der Waals surface area contributed by atoms with Gasteiger partial charge in [-0.15, -0.1) is 0 Å². The number of carbonyl (C=O) groups is 1. The summed E-state index contributed by atoms with van der Waals surface area (Å²) >= 11 is 0. The van der Waals surface area contributed by atoms with Gasteiger partial charge in [0.15, 0.2) is 5.79 Å². The van der Waals surface area contributed by atoms with Gasteiger partial charge in [-0.1, -0.05) is 0 Å². The van der Waals surface area contributed by atoms with Gasteiger partial charge >= 0.3 is 0 Å².